The monoisotopic (exact) mass is 315 g/mol. The van der Waals surface area contributed by atoms with Gasteiger partial charge in [0.2, 0.25) is 11.9 Å². The highest BCUT2D eigenvalue weighted by Gasteiger charge is 2.16. The van der Waals surface area contributed by atoms with Crippen LogP contribution in [0.15, 0.2) is 10.7 Å². The molecule has 0 unspecified atom stereocenters. The molecule has 6 nitrogen and oxygen atoms in total. The Hall–Kier alpha value is -1.37. The lowest BCUT2D eigenvalue weighted by molar-refractivity contribution is -0.116. The maximum atomic E-state index is 11.1. The quantitative estimate of drug-likeness (QED) is 0.824. The fraction of sp³-hybridized carbons (Fsp3) is 0.545. The number of nitrogens with two attached hydrogens (primary N) is 1. The van der Waals surface area contributed by atoms with Crippen molar-refractivity contribution in [3.8, 4) is 0 Å². The van der Waals surface area contributed by atoms with Crippen LogP contribution in [0, 0.1) is 5.92 Å². The second kappa shape index (κ2) is 6.53. The zero-order valence-electron chi connectivity index (χ0n) is 10.8. The molecule has 1 aromatic rings. The highest BCUT2D eigenvalue weighted by atomic mass is 79.9. The summed E-state index contributed by atoms with van der Waals surface area (Å²) in [6, 6.07) is 0. The van der Waals surface area contributed by atoms with Crippen LogP contribution in [0.2, 0.25) is 0 Å². The molecule has 1 aromatic heterocycles. The van der Waals surface area contributed by atoms with Gasteiger partial charge in [-0.25, -0.2) is 4.98 Å². The Morgan fingerprint density at radius 1 is 1.61 bits per heavy atom. The third-order valence-electron chi connectivity index (χ3n) is 2.18. The molecule has 0 saturated carbocycles. The fourth-order valence-electron chi connectivity index (χ4n) is 1.56. The minimum Gasteiger partial charge on any atom is -0.368 e. The molecular weight excluding hydrogens is 298 g/mol. The van der Waals surface area contributed by atoms with E-state index in [1.807, 2.05) is 4.90 Å². The third kappa shape index (κ3) is 4.14. The van der Waals surface area contributed by atoms with Crippen LogP contribution in [0.4, 0.5) is 11.8 Å². The van der Waals surface area contributed by atoms with Gasteiger partial charge in [-0.1, -0.05) is 13.8 Å². The smallest absolute Gasteiger partial charge is 0.236 e. The Balaban J connectivity index is 3.06. The van der Waals surface area contributed by atoms with Crippen molar-refractivity contribution in [3.63, 3.8) is 0 Å². The van der Waals surface area contributed by atoms with Crippen LogP contribution >= 0.6 is 15.9 Å². The standard InChI is InChI=1S/C11H18BrN5O/c1-7(2)5-17(6-9(13)18)10-8(12)4-15-11(14-3)16-10/h4,7H,5-6H2,1-3H3,(H2,13,18)(H,14,15,16). The van der Waals surface area contributed by atoms with Crippen molar-refractivity contribution >= 4 is 33.6 Å². The number of hydrogen-bond donors (Lipinski definition) is 2. The summed E-state index contributed by atoms with van der Waals surface area (Å²) in [5.41, 5.74) is 5.27. The van der Waals surface area contributed by atoms with Gasteiger partial charge < -0.3 is 16.0 Å². The SMILES string of the molecule is CNc1ncc(Br)c(N(CC(N)=O)CC(C)C)n1. The Morgan fingerprint density at radius 2 is 2.28 bits per heavy atom. The Labute approximate surface area is 115 Å². The molecule has 3 N–H and O–H groups in total. The van der Waals surface area contributed by atoms with Gasteiger partial charge in [-0.15, -0.1) is 0 Å². The van der Waals surface area contributed by atoms with Crippen LogP contribution in [0.1, 0.15) is 13.8 Å². The molecule has 7 heteroatoms. The second-order valence-electron chi connectivity index (χ2n) is 4.36. The third-order valence-corrected chi connectivity index (χ3v) is 2.74. The predicted molar refractivity (Wildman–Crippen MR) is 75.5 cm³/mol. The van der Waals surface area contributed by atoms with Gasteiger partial charge in [0.05, 0.1) is 11.0 Å². The number of carbonyl (C=O) groups excluding carboxylic acids is 1. The number of nitrogens with one attached hydrogen (secondary N) is 1. The molecule has 100 valence electrons. The summed E-state index contributed by atoms with van der Waals surface area (Å²) in [5.74, 6) is 1.18. The maximum absolute atomic E-state index is 11.1. The molecule has 0 aromatic carbocycles. The first-order chi connectivity index (χ1) is 8.43. The van der Waals surface area contributed by atoms with Gasteiger partial charge in [-0.2, -0.15) is 4.98 Å². The Morgan fingerprint density at radius 3 is 2.78 bits per heavy atom. The minimum absolute atomic E-state index is 0.136. The van der Waals surface area contributed by atoms with Gasteiger partial charge in [0.25, 0.3) is 0 Å². The van der Waals surface area contributed by atoms with E-state index >= 15 is 0 Å². The number of primary amides is 1. The number of anilines is 2. The molecular formula is C11H18BrN5O. The molecule has 18 heavy (non-hydrogen) atoms. The fourth-order valence-corrected chi connectivity index (χ4v) is 2.00. The molecule has 1 rings (SSSR count). The van der Waals surface area contributed by atoms with Gasteiger partial charge in [0.15, 0.2) is 0 Å². The van der Waals surface area contributed by atoms with E-state index in [1.165, 1.54) is 0 Å². The summed E-state index contributed by atoms with van der Waals surface area (Å²) in [7, 11) is 1.74. The molecule has 1 heterocycles. The van der Waals surface area contributed by atoms with E-state index in [9.17, 15) is 4.79 Å². The van der Waals surface area contributed by atoms with E-state index in [0.29, 0.717) is 24.2 Å². The van der Waals surface area contributed by atoms with E-state index in [0.717, 1.165) is 4.47 Å². The Bertz CT molecular complexity index is 424. The van der Waals surface area contributed by atoms with Crippen molar-refractivity contribution in [2.75, 3.05) is 30.4 Å². The number of halogens is 1. The molecule has 0 atom stereocenters. The first kappa shape index (κ1) is 14.7. The summed E-state index contributed by atoms with van der Waals surface area (Å²) >= 11 is 3.39. The molecule has 0 aliphatic rings. The first-order valence-corrected chi connectivity index (χ1v) is 6.47. The van der Waals surface area contributed by atoms with Crippen LogP contribution in [0.3, 0.4) is 0 Å². The van der Waals surface area contributed by atoms with E-state index in [-0.39, 0.29) is 12.5 Å². The van der Waals surface area contributed by atoms with Crippen LogP contribution < -0.4 is 16.0 Å². The minimum atomic E-state index is -0.382. The summed E-state index contributed by atoms with van der Waals surface area (Å²) in [6.45, 7) is 4.97. The second-order valence-corrected chi connectivity index (χ2v) is 5.21. The van der Waals surface area contributed by atoms with Crippen molar-refractivity contribution in [1.82, 2.24) is 9.97 Å². The average molecular weight is 316 g/mol. The topological polar surface area (TPSA) is 84.1 Å². The van der Waals surface area contributed by atoms with Crippen LogP contribution in [0.5, 0.6) is 0 Å². The van der Waals surface area contributed by atoms with Gasteiger partial charge >= 0.3 is 0 Å². The van der Waals surface area contributed by atoms with Gasteiger partial charge in [-0.3, -0.25) is 4.79 Å². The van der Waals surface area contributed by atoms with Crippen molar-refractivity contribution in [2.45, 2.75) is 13.8 Å². The zero-order valence-corrected chi connectivity index (χ0v) is 12.4. The normalized spacial score (nSPS) is 10.5. The van der Waals surface area contributed by atoms with Crippen molar-refractivity contribution in [1.29, 1.82) is 0 Å². The molecule has 0 aliphatic heterocycles. The van der Waals surface area contributed by atoms with Crippen molar-refractivity contribution in [3.05, 3.63) is 10.7 Å². The largest absolute Gasteiger partial charge is 0.368 e. The highest BCUT2D eigenvalue weighted by molar-refractivity contribution is 9.10. The number of aromatic nitrogens is 2. The Kier molecular flexibility index (Phi) is 5.33. The number of amides is 1. The van der Waals surface area contributed by atoms with Crippen LogP contribution in [-0.2, 0) is 4.79 Å². The molecule has 0 saturated heterocycles. The molecule has 1 amide bonds. The van der Waals surface area contributed by atoms with E-state index in [2.05, 4.69) is 45.1 Å². The summed E-state index contributed by atoms with van der Waals surface area (Å²) < 4.78 is 0.739. The van der Waals surface area contributed by atoms with Crippen LogP contribution in [0.25, 0.3) is 0 Å². The molecule has 0 bridgehead atoms. The molecule has 0 spiro atoms. The van der Waals surface area contributed by atoms with Gasteiger partial charge in [0, 0.05) is 19.8 Å². The van der Waals surface area contributed by atoms with Crippen molar-refractivity contribution in [2.24, 2.45) is 11.7 Å². The number of nitrogens with zero attached hydrogens (tertiary/aromatic N) is 3. The van der Waals surface area contributed by atoms with Crippen molar-refractivity contribution < 1.29 is 4.79 Å². The average Bonchev–Trinajstić information content (AvgIpc) is 2.27. The van der Waals surface area contributed by atoms with Gasteiger partial charge in [-0.05, 0) is 21.8 Å². The predicted octanol–water partition coefficient (Wildman–Crippen LogP) is 1.23. The maximum Gasteiger partial charge on any atom is 0.236 e. The van der Waals surface area contributed by atoms with E-state index in [4.69, 9.17) is 5.73 Å². The lowest BCUT2D eigenvalue weighted by atomic mass is 10.2. The summed E-state index contributed by atoms with van der Waals surface area (Å²) in [6.07, 6.45) is 1.66. The van der Waals surface area contributed by atoms with E-state index < -0.39 is 0 Å². The first-order valence-electron chi connectivity index (χ1n) is 5.67. The zero-order chi connectivity index (χ0) is 13.7. The summed E-state index contributed by atoms with van der Waals surface area (Å²) in [4.78, 5) is 21.4. The highest BCUT2D eigenvalue weighted by Crippen LogP contribution is 2.24. The molecule has 0 radical (unpaired) electrons. The van der Waals surface area contributed by atoms with Gasteiger partial charge in [0.1, 0.15) is 5.82 Å². The number of rotatable bonds is 6. The molecule has 0 fully saturated rings. The summed E-state index contributed by atoms with van der Waals surface area (Å²) in [5, 5.41) is 2.87. The lowest BCUT2D eigenvalue weighted by Gasteiger charge is -2.25. The lowest BCUT2D eigenvalue weighted by Crippen LogP contribution is -2.37. The number of hydrogen-bond acceptors (Lipinski definition) is 5. The molecule has 0 aliphatic carbocycles. The van der Waals surface area contributed by atoms with E-state index in [1.54, 1.807) is 13.2 Å². The van der Waals surface area contributed by atoms with Crippen LogP contribution in [-0.4, -0.2) is 36.0 Å². The number of carbonyl (C=O) groups is 1.